The molecule has 0 aliphatic heterocycles. The summed E-state index contributed by atoms with van der Waals surface area (Å²) in [5, 5.41) is 15.7. The zero-order chi connectivity index (χ0) is 23.5. The van der Waals surface area contributed by atoms with Gasteiger partial charge in [-0.25, -0.2) is 0 Å². The summed E-state index contributed by atoms with van der Waals surface area (Å²) >= 11 is 0. The quantitative estimate of drug-likeness (QED) is 0.362. The fraction of sp³-hybridized carbons (Fsp3) is 0.333. The summed E-state index contributed by atoms with van der Waals surface area (Å²) < 4.78 is 6.62. The van der Waals surface area contributed by atoms with Crippen molar-refractivity contribution in [1.82, 2.24) is 0 Å². The smallest absolute Gasteiger partial charge is 0.126 e. The van der Waals surface area contributed by atoms with E-state index in [4.69, 9.17) is 4.74 Å². The number of hydrogen-bond donors (Lipinski definition) is 1. The fourth-order valence-electron chi connectivity index (χ4n) is 3.72. The molecular weight excluding hydrogens is 443 g/mol. The molecule has 1 N–H and O–H groups in total. The van der Waals surface area contributed by atoms with Gasteiger partial charge >= 0.3 is 0 Å². The Kier molecular flexibility index (Phi) is 7.82. The van der Waals surface area contributed by atoms with Gasteiger partial charge in [-0.3, -0.25) is 0 Å². The van der Waals surface area contributed by atoms with Gasteiger partial charge in [-0.2, -0.15) is 0 Å². The lowest BCUT2D eigenvalue weighted by Crippen LogP contribution is -2.48. The van der Waals surface area contributed by atoms with Crippen LogP contribution in [0.5, 0.6) is 5.75 Å². The van der Waals surface area contributed by atoms with Gasteiger partial charge in [-0.05, 0) is 28.5 Å². The molecule has 0 fully saturated rings. The van der Waals surface area contributed by atoms with Crippen LogP contribution in [0, 0.1) is 0 Å². The van der Waals surface area contributed by atoms with E-state index in [-0.39, 0.29) is 0 Å². The lowest BCUT2D eigenvalue weighted by molar-refractivity contribution is 0.200. The third kappa shape index (κ3) is 6.20. The Morgan fingerprint density at radius 3 is 2.03 bits per heavy atom. The van der Waals surface area contributed by atoms with Crippen LogP contribution in [0.2, 0.25) is 39.3 Å². The van der Waals surface area contributed by atoms with Crippen LogP contribution < -0.4 is 25.7 Å². The second kappa shape index (κ2) is 10.0. The van der Waals surface area contributed by atoms with Crippen molar-refractivity contribution in [3.05, 3.63) is 77.9 Å². The molecular formula is C27H37O2PSi2. The van der Waals surface area contributed by atoms with Gasteiger partial charge in [0.25, 0.3) is 0 Å². The maximum absolute atomic E-state index is 10.4. The number of ether oxygens (including phenoxy) is 1. The Bertz CT molecular complexity index is 1050. The minimum absolute atomic E-state index is 0.445. The van der Waals surface area contributed by atoms with E-state index >= 15 is 0 Å². The molecule has 170 valence electrons. The molecule has 0 saturated heterocycles. The Morgan fingerprint density at radius 2 is 1.44 bits per heavy atom. The topological polar surface area (TPSA) is 29.5 Å². The van der Waals surface area contributed by atoms with E-state index in [1.54, 1.807) is 0 Å². The summed E-state index contributed by atoms with van der Waals surface area (Å²) in [6.07, 6.45) is -0.482. The number of aliphatic hydroxyl groups excluding tert-OH is 1. The summed E-state index contributed by atoms with van der Waals surface area (Å²) in [4.78, 5) is 0. The monoisotopic (exact) mass is 480 g/mol. The molecule has 0 saturated carbocycles. The Morgan fingerprint density at radius 1 is 0.812 bits per heavy atom. The van der Waals surface area contributed by atoms with Crippen LogP contribution in [0.3, 0.4) is 0 Å². The number of benzene rings is 3. The molecule has 0 radical (unpaired) electrons. The van der Waals surface area contributed by atoms with Crippen LogP contribution in [0.1, 0.15) is 24.2 Å². The van der Waals surface area contributed by atoms with Gasteiger partial charge in [0.05, 0.1) is 22.3 Å². The highest BCUT2D eigenvalue weighted by molar-refractivity contribution is 7.56. The van der Waals surface area contributed by atoms with Crippen molar-refractivity contribution in [2.45, 2.75) is 58.9 Å². The van der Waals surface area contributed by atoms with Gasteiger partial charge in [-0.1, -0.05) is 120 Å². The van der Waals surface area contributed by atoms with Crippen LogP contribution in [0.4, 0.5) is 0 Å². The Hall–Kier alpha value is -1.72. The number of rotatable bonds is 8. The molecule has 3 rings (SSSR count). The van der Waals surface area contributed by atoms with Crippen LogP contribution in [-0.2, 0) is 6.61 Å². The zero-order valence-corrected chi connectivity index (χ0v) is 23.5. The molecule has 5 heteroatoms. The predicted octanol–water partition coefficient (Wildman–Crippen LogP) is 5.04. The highest BCUT2D eigenvalue weighted by atomic mass is 31.1. The van der Waals surface area contributed by atoms with E-state index in [1.807, 2.05) is 25.1 Å². The second-order valence-corrected chi connectivity index (χ2v) is 22.0. The minimum Gasteiger partial charge on any atom is -0.488 e. The molecule has 32 heavy (non-hydrogen) atoms. The SMILES string of the molecule is CC(O)c1ccccc1Pc1cc([Si](C)(C)C)cc([Si](C)(C)C)c1OCc1ccccc1. The highest BCUT2D eigenvalue weighted by Crippen LogP contribution is 2.25. The summed E-state index contributed by atoms with van der Waals surface area (Å²) in [6, 6.07) is 23.5. The molecule has 0 heterocycles. The molecule has 3 aromatic carbocycles. The van der Waals surface area contributed by atoms with Crippen molar-refractivity contribution in [2.24, 2.45) is 0 Å². The van der Waals surface area contributed by atoms with Crippen LogP contribution in [0.15, 0.2) is 66.7 Å². The second-order valence-electron chi connectivity index (χ2n) is 10.6. The van der Waals surface area contributed by atoms with E-state index in [0.29, 0.717) is 15.2 Å². The molecule has 0 bridgehead atoms. The average Bonchev–Trinajstić information content (AvgIpc) is 2.72. The van der Waals surface area contributed by atoms with Gasteiger partial charge < -0.3 is 9.84 Å². The third-order valence-electron chi connectivity index (χ3n) is 5.67. The Balaban J connectivity index is 2.15. The lowest BCUT2D eigenvalue weighted by Gasteiger charge is -2.28. The molecule has 0 amide bonds. The van der Waals surface area contributed by atoms with Crippen molar-refractivity contribution < 1.29 is 9.84 Å². The average molecular weight is 481 g/mol. The van der Waals surface area contributed by atoms with Crippen molar-refractivity contribution in [2.75, 3.05) is 0 Å². The molecule has 0 aromatic heterocycles. The fourth-order valence-corrected chi connectivity index (χ4v) is 8.22. The van der Waals surface area contributed by atoms with Gasteiger partial charge in [0.2, 0.25) is 0 Å². The number of aliphatic hydroxyl groups is 1. The van der Waals surface area contributed by atoms with Gasteiger partial charge in [-0.15, -0.1) is 0 Å². The van der Waals surface area contributed by atoms with Crippen molar-refractivity contribution in [3.8, 4) is 5.75 Å². The van der Waals surface area contributed by atoms with Crippen molar-refractivity contribution in [1.29, 1.82) is 0 Å². The lowest BCUT2D eigenvalue weighted by atomic mass is 10.1. The molecule has 0 spiro atoms. The summed E-state index contributed by atoms with van der Waals surface area (Å²) in [7, 11) is -2.73. The standard InChI is InChI=1S/C27H37O2PSi2/c1-20(28)23-15-11-12-16-24(23)30-25-17-22(31(2,3)4)18-26(32(5,6)7)27(25)29-19-21-13-9-8-10-14-21/h8-18,20,28,30H,19H2,1-7H3. The normalized spacial score (nSPS) is 13.5. The first-order valence-electron chi connectivity index (χ1n) is 11.4. The largest absolute Gasteiger partial charge is 0.488 e. The molecule has 3 aromatic rings. The Labute approximate surface area is 197 Å². The minimum atomic E-state index is -1.66. The van der Waals surface area contributed by atoms with E-state index in [0.717, 1.165) is 11.3 Å². The van der Waals surface area contributed by atoms with E-state index < -0.39 is 22.3 Å². The van der Waals surface area contributed by atoms with Gasteiger partial charge in [0, 0.05) is 5.30 Å². The molecule has 2 nitrogen and oxygen atoms in total. The van der Waals surface area contributed by atoms with E-state index in [1.165, 1.54) is 26.5 Å². The maximum atomic E-state index is 10.4. The molecule has 2 unspecified atom stereocenters. The first-order valence-corrected chi connectivity index (χ1v) is 19.4. The van der Waals surface area contributed by atoms with Crippen LogP contribution in [0.25, 0.3) is 0 Å². The molecule has 2 atom stereocenters. The van der Waals surface area contributed by atoms with Crippen LogP contribution in [-0.4, -0.2) is 21.3 Å². The van der Waals surface area contributed by atoms with E-state index in [2.05, 4.69) is 87.8 Å². The van der Waals surface area contributed by atoms with E-state index in [9.17, 15) is 5.11 Å². The third-order valence-corrected chi connectivity index (χ3v) is 11.0. The van der Waals surface area contributed by atoms with Crippen molar-refractivity contribution >= 4 is 45.7 Å². The highest BCUT2D eigenvalue weighted by Gasteiger charge is 2.28. The number of hydrogen-bond acceptors (Lipinski definition) is 2. The molecule has 0 aliphatic rings. The van der Waals surface area contributed by atoms with Gasteiger partial charge in [0.1, 0.15) is 12.4 Å². The summed E-state index contributed by atoms with van der Waals surface area (Å²) in [5.74, 6) is 1.06. The predicted molar refractivity (Wildman–Crippen MR) is 148 cm³/mol. The first-order chi connectivity index (χ1) is 15.0. The molecule has 0 aliphatic carbocycles. The first kappa shape index (κ1) is 24.9. The van der Waals surface area contributed by atoms with Gasteiger partial charge in [0.15, 0.2) is 0 Å². The van der Waals surface area contributed by atoms with Crippen molar-refractivity contribution in [3.63, 3.8) is 0 Å². The summed E-state index contributed by atoms with van der Waals surface area (Å²) in [5.41, 5.74) is 2.19. The maximum Gasteiger partial charge on any atom is 0.126 e. The van der Waals surface area contributed by atoms with Crippen LogP contribution >= 0.6 is 8.58 Å². The summed E-state index contributed by atoms with van der Waals surface area (Å²) in [6.45, 7) is 16.9. The zero-order valence-electron chi connectivity index (χ0n) is 20.5.